The van der Waals surface area contributed by atoms with E-state index in [4.69, 9.17) is 9.84 Å². The summed E-state index contributed by atoms with van der Waals surface area (Å²) in [6.07, 6.45) is 0.992. The number of aliphatic carboxylic acids is 1. The van der Waals surface area contributed by atoms with E-state index in [-0.39, 0.29) is 18.1 Å². The Morgan fingerprint density at radius 1 is 0.862 bits per heavy atom. The minimum atomic E-state index is -0.847. The van der Waals surface area contributed by atoms with Gasteiger partial charge in [-0.25, -0.2) is 0 Å². The Morgan fingerprint density at radius 3 is 2.24 bits per heavy atom. The molecule has 0 fully saturated rings. The van der Waals surface area contributed by atoms with E-state index in [1.807, 2.05) is 72.8 Å². The van der Waals surface area contributed by atoms with Gasteiger partial charge in [-0.05, 0) is 36.1 Å². The summed E-state index contributed by atoms with van der Waals surface area (Å²) in [5, 5.41) is 8.94. The van der Waals surface area contributed by atoms with E-state index >= 15 is 0 Å². The lowest BCUT2D eigenvalue weighted by molar-refractivity contribution is -0.137. The predicted molar refractivity (Wildman–Crippen MR) is 112 cm³/mol. The number of hydrogen-bond acceptors (Lipinski definition) is 3. The highest BCUT2D eigenvalue weighted by Gasteiger charge is 2.22. The molecule has 0 unspecified atom stereocenters. The molecule has 3 aromatic rings. The fraction of sp³-hybridized carbons (Fsp3) is 0.200. The van der Waals surface area contributed by atoms with Gasteiger partial charge in [0.15, 0.2) is 5.78 Å². The van der Waals surface area contributed by atoms with E-state index in [0.29, 0.717) is 30.8 Å². The first-order chi connectivity index (χ1) is 14.1. The Morgan fingerprint density at radius 2 is 1.55 bits per heavy atom. The van der Waals surface area contributed by atoms with Crippen LogP contribution in [0.5, 0.6) is 5.75 Å². The molecule has 0 amide bonds. The Labute approximate surface area is 170 Å². The smallest absolute Gasteiger partial charge is 0.303 e. The number of ketones is 1. The van der Waals surface area contributed by atoms with Crippen molar-refractivity contribution in [1.82, 2.24) is 0 Å². The van der Waals surface area contributed by atoms with Crippen LogP contribution in [-0.2, 0) is 11.4 Å². The summed E-state index contributed by atoms with van der Waals surface area (Å²) in [7, 11) is 0. The Hall–Kier alpha value is -3.40. The SMILES string of the molecule is O=C(O)CCC[C@H](C(=O)c1cccc(OCc2ccccc2)c1)c1ccccc1. The number of Topliss-reactive ketones (excluding diaryl/α,β-unsaturated/α-hetero) is 1. The summed E-state index contributed by atoms with van der Waals surface area (Å²) in [5.41, 5.74) is 2.53. The lowest BCUT2D eigenvalue weighted by Gasteiger charge is -2.17. The van der Waals surface area contributed by atoms with Crippen LogP contribution in [0.2, 0.25) is 0 Å². The number of hydrogen-bond donors (Lipinski definition) is 1. The molecule has 0 spiro atoms. The lowest BCUT2D eigenvalue weighted by atomic mass is 9.86. The standard InChI is InChI=1S/C25H24O4/c26-24(27)16-8-15-23(20-11-5-2-6-12-20)25(28)21-13-7-14-22(17-21)29-18-19-9-3-1-4-10-19/h1-7,9-14,17,23H,8,15-16,18H2,(H,26,27)/t23-/m0/s1. The third kappa shape index (κ3) is 6.04. The number of carboxylic acids is 1. The molecule has 3 aromatic carbocycles. The molecule has 4 heteroatoms. The van der Waals surface area contributed by atoms with Gasteiger partial charge < -0.3 is 9.84 Å². The fourth-order valence-electron chi connectivity index (χ4n) is 3.27. The quantitative estimate of drug-likeness (QED) is 0.467. The van der Waals surface area contributed by atoms with Crippen molar-refractivity contribution >= 4 is 11.8 Å². The van der Waals surface area contributed by atoms with Crippen LogP contribution in [0.1, 0.15) is 46.7 Å². The van der Waals surface area contributed by atoms with Gasteiger partial charge in [-0.2, -0.15) is 0 Å². The molecular weight excluding hydrogens is 364 g/mol. The van der Waals surface area contributed by atoms with E-state index in [9.17, 15) is 9.59 Å². The van der Waals surface area contributed by atoms with E-state index in [1.54, 1.807) is 12.1 Å². The number of benzene rings is 3. The molecule has 0 bridgehead atoms. The van der Waals surface area contributed by atoms with Crippen LogP contribution in [0, 0.1) is 0 Å². The molecule has 0 aliphatic rings. The molecule has 1 N–H and O–H groups in total. The topological polar surface area (TPSA) is 63.6 Å². The van der Waals surface area contributed by atoms with Crippen LogP contribution >= 0.6 is 0 Å². The maximum Gasteiger partial charge on any atom is 0.303 e. The molecule has 0 aliphatic heterocycles. The average molecular weight is 388 g/mol. The summed E-state index contributed by atoms with van der Waals surface area (Å²) in [4.78, 5) is 24.1. The molecule has 4 nitrogen and oxygen atoms in total. The van der Waals surface area contributed by atoms with Crippen molar-refractivity contribution in [1.29, 1.82) is 0 Å². The first-order valence-electron chi connectivity index (χ1n) is 9.71. The predicted octanol–water partition coefficient (Wildman–Crippen LogP) is 5.49. The van der Waals surface area contributed by atoms with E-state index in [1.165, 1.54) is 0 Å². The summed E-state index contributed by atoms with van der Waals surface area (Å²) < 4.78 is 5.85. The van der Waals surface area contributed by atoms with Crippen molar-refractivity contribution in [3.63, 3.8) is 0 Å². The number of carbonyl (C=O) groups is 2. The van der Waals surface area contributed by atoms with Crippen molar-refractivity contribution < 1.29 is 19.4 Å². The maximum atomic E-state index is 13.2. The zero-order valence-corrected chi connectivity index (χ0v) is 16.2. The minimum Gasteiger partial charge on any atom is -0.489 e. The van der Waals surface area contributed by atoms with Crippen LogP contribution in [0.3, 0.4) is 0 Å². The van der Waals surface area contributed by atoms with Gasteiger partial charge in [-0.3, -0.25) is 9.59 Å². The Bertz CT molecular complexity index is 935. The zero-order valence-electron chi connectivity index (χ0n) is 16.2. The third-order valence-corrected chi connectivity index (χ3v) is 4.77. The summed E-state index contributed by atoms with van der Waals surface area (Å²) in [5.74, 6) is -0.607. The molecule has 29 heavy (non-hydrogen) atoms. The van der Waals surface area contributed by atoms with Crippen LogP contribution in [0.25, 0.3) is 0 Å². The van der Waals surface area contributed by atoms with Gasteiger partial charge in [0.05, 0.1) is 0 Å². The van der Waals surface area contributed by atoms with Crippen LogP contribution < -0.4 is 4.74 Å². The highest BCUT2D eigenvalue weighted by molar-refractivity contribution is 6.01. The molecule has 148 valence electrons. The molecule has 1 atom stereocenters. The van der Waals surface area contributed by atoms with Gasteiger partial charge in [-0.15, -0.1) is 0 Å². The van der Waals surface area contributed by atoms with Crippen LogP contribution in [0.15, 0.2) is 84.9 Å². The second-order valence-electron chi connectivity index (χ2n) is 6.92. The molecule has 0 heterocycles. The van der Waals surface area contributed by atoms with Gasteiger partial charge in [0.1, 0.15) is 12.4 Å². The second kappa shape index (κ2) is 10.2. The van der Waals surface area contributed by atoms with Crippen molar-refractivity contribution in [3.05, 3.63) is 102 Å². The monoisotopic (exact) mass is 388 g/mol. The van der Waals surface area contributed by atoms with Crippen molar-refractivity contribution in [3.8, 4) is 5.75 Å². The fourth-order valence-corrected chi connectivity index (χ4v) is 3.27. The third-order valence-electron chi connectivity index (χ3n) is 4.77. The summed E-state index contributed by atoms with van der Waals surface area (Å²) >= 11 is 0. The largest absolute Gasteiger partial charge is 0.489 e. The highest BCUT2D eigenvalue weighted by Crippen LogP contribution is 2.28. The average Bonchev–Trinajstić information content (AvgIpc) is 2.76. The normalized spacial score (nSPS) is 11.6. The second-order valence-corrected chi connectivity index (χ2v) is 6.92. The number of carbonyl (C=O) groups excluding carboxylic acids is 1. The van der Waals surface area contributed by atoms with Gasteiger partial charge >= 0.3 is 5.97 Å². The molecule has 0 saturated carbocycles. The van der Waals surface area contributed by atoms with Gasteiger partial charge in [0.2, 0.25) is 0 Å². The molecule has 3 rings (SSSR count). The molecule has 0 aromatic heterocycles. The van der Waals surface area contributed by atoms with Crippen molar-refractivity contribution in [2.75, 3.05) is 0 Å². The van der Waals surface area contributed by atoms with Gasteiger partial charge in [0, 0.05) is 17.9 Å². The number of rotatable bonds is 10. The first-order valence-corrected chi connectivity index (χ1v) is 9.71. The van der Waals surface area contributed by atoms with Crippen molar-refractivity contribution in [2.45, 2.75) is 31.8 Å². The van der Waals surface area contributed by atoms with E-state index < -0.39 is 5.97 Å². The molecule has 0 aliphatic carbocycles. The molecule has 0 saturated heterocycles. The number of ether oxygens (including phenoxy) is 1. The first kappa shape index (κ1) is 20.3. The van der Waals surface area contributed by atoms with Gasteiger partial charge in [0.25, 0.3) is 0 Å². The van der Waals surface area contributed by atoms with Crippen molar-refractivity contribution in [2.24, 2.45) is 0 Å². The van der Waals surface area contributed by atoms with E-state index in [0.717, 1.165) is 11.1 Å². The Balaban J connectivity index is 1.75. The van der Waals surface area contributed by atoms with E-state index in [2.05, 4.69) is 0 Å². The van der Waals surface area contributed by atoms with Crippen LogP contribution in [-0.4, -0.2) is 16.9 Å². The maximum absolute atomic E-state index is 13.2. The van der Waals surface area contributed by atoms with Crippen LogP contribution in [0.4, 0.5) is 0 Å². The lowest BCUT2D eigenvalue weighted by Crippen LogP contribution is -2.14. The zero-order chi connectivity index (χ0) is 20.5. The van der Waals surface area contributed by atoms with Gasteiger partial charge in [-0.1, -0.05) is 72.8 Å². The number of carboxylic acid groups (broad SMARTS) is 1. The molecular formula is C25H24O4. The summed E-state index contributed by atoms with van der Waals surface area (Å²) in [6, 6.07) is 26.6. The summed E-state index contributed by atoms with van der Waals surface area (Å²) in [6.45, 7) is 0.430. The minimum absolute atomic E-state index is 0.0215. The molecule has 0 radical (unpaired) electrons. The Kier molecular flexibility index (Phi) is 7.17. The highest BCUT2D eigenvalue weighted by atomic mass is 16.5.